The van der Waals surface area contributed by atoms with Crippen LogP contribution in [0.4, 0.5) is 0 Å². The molecule has 0 aliphatic carbocycles. The van der Waals surface area contributed by atoms with E-state index in [0.717, 1.165) is 25.1 Å². The Morgan fingerprint density at radius 2 is 2.05 bits per heavy atom. The van der Waals surface area contributed by atoms with Crippen LogP contribution in [-0.4, -0.2) is 63.7 Å². The number of hydrogen-bond donors (Lipinski definition) is 2. The van der Waals surface area contributed by atoms with Gasteiger partial charge in [-0.25, -0.2) is 4.99 Å². The van der Waals surface area contributed by atoms with Crippen LogP contribution in [0.5, 0.6) is 0 Å². The number of nitrogens with zero attached hydrogens (tertiary/aromatic N) is 2. The maximum absolute atomic E-state index is 11.5. The zero-order chi connectivity index (χ0) is 15.4. The third-order valence-corrected chi connectivity index (χ3v) is 2.39. The van der Waals surface area contributed by atoms with E-state index in [9.17, 15) is 4.79 Å². The first kappa shape index (κ1) is 18.4. The Labute approximate surface area is 122 Å². The first-order chi connectivity index (χ1) is 9.47. The van der Waals surface area contributed by atoms with E-state index < -0.39 is 0 Å². The fourth-order valence-electron chi connectivity index (χ4n) is 1.22. The molecule has 0 aromatic rings. The zero-order valence-electron chi connectivity index (χ0n) is 13.2. The summed E-state index contributed by atoms with van der Waals surface area (Å²) in [6.07, 6.45) is 0.892. The molecule has 0 rings (SSSR count). The molecule has 0 heterocycles. The number of rotatable bonds is 9. The van der Waals surface area contributed by atoms with Gasteiger partial charge < -0.3 is 20.3 Å². The molecule has 6 nitrogen and oxygen atoms in total. The average molecular weight is 284 g/mol. The summed E-state index contributed by atoms with van der Waals surface area (Å²) in [4.78, 5) is 17.3. The summed E-state index contributed by atoms with van der Waals surface area (Å²) in [6, 6.07) is 0. The Balaban J connectivity index is 4.21. The van der Waals surface area contributed by atoms with Crippen molar-refractivity contribution >= 4 is 11.9 Å². The predicted molar refractivity (Wildman–Crippen MR) is 82.9 cm³/mol. The summed E-state index contributed by atoms with van der Waals surface area (Å²) < 4.78 is 5.27. The molecule has 0 unspecified atom stereocenters. The van der Waals surface area contributed by atoms with Gasteiger partial charge in [0.15, 0.2) is 5.96 Å². The Bertz CT molecular complexity index is 327. The molecule has 1 amide bonds. The van der Waals surface area contributed by atoms with Gasteiger partial charge in [0.1, 0.15) is 6.54 Å². The average Bonchev–Trinajstić information content (AvgIpc) is 2.39. The first-order valence-electron chi connectivity index (χ1n) is 6.91. The Morgan fingerprint density at radius 1 is 1.35 bits per heavy atom. The van der Waals surface area contributed by atoms with Crippen LogP contribution in [0.15, 0.2) is 17.1 Å². The summed E-state index contributed by atoms with van der Waals surface area (Å²) in [5, 5.41) is 6.31. The molecule has 0 bridgehead atoms. The van der Waals surface area contributed by atoms with Crippen molar-refractivity contribution in [1.82, 2.24) is 15.5 Å². The number of amides is 1. The van der Waals surface area contributed by atoms with Gasteiger partial charge in [0.05, 0.1) is 0 Å². The van der Waals surface area contributed by atoms with E-state index in [1.54, 1.807) is 14.1 Å². The largest absolute Gasteiger partial charge is 0.382 e. The van der Waals surface area contributed by atoms with Crippen LogP contribution in [0.2, 0.25) is 0 Å². The molecule has 0 saturated carbocycles. The molecule has 0 fully saturated rings. The molecular weight excluding hydrogens is 256 g/mol. The summed E-state index contributed by atoms with van der Waals surface area (Å²) in [6.45, 7) is 10.7. The van der Waals surface area contributed by atoms with Crippen LogP contribution in [-0.2, 0) is 9.53 Å². The smallest absolute Gasteiger partial charge is 0.243 e. The number of carbonyl (C=O) groups excluding carboxylic acids is 1. The lowest BCUT2D eigenvalue weighted by molar-refractivity contribution is -0.127. The van der Waals surface area contributed by atoms with Crippen LogP contribution < -0.4 is 10.6 Å². The van der Waals surface area contributed by atoms with Crippen molar-refractivity contribution in [3.8, 4) is 0 Å². The van der Waals surface area contributed by atoms with Crippen molar-refractivity contribution in [3.63, 3.8) is 0 Å². The molecule has 6 heteroatoms. The van der Waals surface area contributed by atoms with Gasteiger partial charge in [-0.3, -0.25) is 4.79 Å². The van der Waals surface area contributed by atoms with Crippen molar-refractivity contribution in [2.45, 2.75) is 20.3 Å². The maximum atomic E-state index is 11.5. The lowest BCUT2D eigenvalue weighted by atomic mass is 10.3. The number of hydrogen-bond acceptors (Lipinski definition) is 3. The van der Waals surface area contributed by atoms with Crippen LogP contribution in [0.3, 0.4) is 0 Å². The molecular formula is C14H28N4O2. The number of carbonyl (C=O) groups is 1. The number of guanidine groups is 1. The minimum atomic E-state index is -0.0317. The van der Waals surface area contributed by atoms with Crippen LogP contribution >= 0.6 is 0 Å². The highest BCUT2D eigenvalue weighted by Gasteiger charge is 2.04. The number of likely N-dealkylation sites (N-methyl/N-ethyl adjacent to an activating group) is 1. The Hall–Kier alpha value is -1.56. The van der Waals surface area contributed by atoms with Gasteiger partial charge in [-0.2, -0.15) is 0 Å². The topological polar surface area (TPSA) is 66.0 Å². The molecule has 0 atom stereocenters. The fraction of sp³-hybridized carbons (Fsp3) is 0.714. The zero-order valence-corrected chi connectivity index (χ0v) is 13.2. The highest BCUT2D eigenvalue weighted by Crippen LogP contribution is 1.86. The van der Waals surface area contributed by atoms with Crippen molar-refractivity contribution < 1.29 is 9.53 Å². The van der Waals surface area contributed by atoms with Crippen LogP contribution in [0, 0.1) is 0 Å². The second-order valence-electron chi connectivity index (χ2n) is 4.74. The van der Waals surface area contributed by atoms with E-state index in [1.807, 2.05) is 13.8 Å². The quantitative estimate of drug-likeness (QED) is 0.282. The molecule has 0 aromatic carbocycles. The van der Waals surface area contributed by atoms with E-state index in [2.05, 4.69) is 22.2 Å². The second-order valence-corrected chi connectivity index (χ2v) is 4.74. The number of ether oxygens (including phenoxy) is 1. The normalized spacial score (nSPS) is 11.1. The third kappa shape index (κ3) is 10.4. The maximum Gasteiger partial charge on any atom is 0.243 e. The van der Waals surface area contributed by atoms with Crippen molar-refractivity contribution in [2.75, 3.05) is 46.9 Å². The van der Waals surface area contributed by atoms with E-state index in [1.165, 1.54) is 4.90 Å². The summed E-state index contributed by atoms with van der Waals surface area (Å²) >= 11 is 0. The number of nitrogens with one attached hydrogen (secondary N) is 2. The van der Waals surface area contributed by atoms with E-state index >= 15 is 0 Å². The third-order valence-electron chi connectivity index (χ3n) is 2.39. The van der Waals surface area contributed by atoms with Crippen LogP contribution in [0.1, 0.15) is 20.3 Å². The molecule has 0 saturated heterocycles. The van der Waals surface area contributed by atoms with Crippen LogP contribution in [0.25, 0.3) is 0 Å². The second kappa shape index (κ2) is 11.3. The van der Waals surface area contributed by atoms with E-state index in [-0.39, 0.29) is 12.5 Å². The van der Waals surface area contributed by atoms with Gasteiger partial charge in [0.25, 0.3) is 0 Å². The monoisotopic (exact) mass is 284 g/mol. The van der Waals surface area contributed by atoms with E-state index in [4.69, 9.17) is 4.74 Å². The van der Waals surface area contributed by atoms with Gasteiger partial charge in [0, 0.05) is 40.4 Å². The fourth-order valence-corrected chi connectivity index (χ4v) is 1.22. The molecule has 0 spiro atoms. The van der Waals surface area contributed by atoms with Crippen molar-refractivity contribution in [3.05, 3.63) is 12.2 Å². The Kier molecular flexibility index (Phi) is 10.4. The number of aliphatic imine (C=N–C) groups is 1. The van der Waals surface area contributed by atoms with Gasteiger partial charge in [-0.1, -0.05) is 12.2 Å². The summed E-state index contributed by atoms with van der Waals surface area (Å²) in [7, 11) is 3.43. The summed E-state index contributed by atoms with van der Waals surface area (Å²) in [5.74, 6) is 0.593. The highest BCUT2D eigenvalue weighted by molar-refractivity contribution is 5.84. The highest BCUT2D eigenvalue weighted by atomic mass is 16.5. The van der Waals surface area contributed by atoms with Gasteiger partial charge in [-0.15, -0.1) is 0 Å². The summed E-state index contributed by atoms with van der Waals surface area (Å²) in [5.41, 5.74) is 1.01. The minimum Gasteiger partial charge on any atom is -0.382 e. The standard InChI is InChI=1S/C14H28N4O2/c1-6-20-9-7-8-15-14(16-10-12(2)3)17-11-13(19)18(4)5/h2,6-11H2,1,3-5H3,(H2,15,16,17). The minimum absolute atomic E-state index is 0.0317. The molecule has 116 valence electrons. The molecule has 0 aliphatic heterocycles. The Morgan fingerprint density at radius 3 is 2.60 bits per heavy atom. The van der Waals surface area contributed by atoms with Gasteiger partial charge >= 0.3 is 0 Å². The SMILES string of the molecule is C=C(C)CNC(=NCC(=O)N(C)C)NCCCOCC. The molecule has 20 heavy (non-hydrogen) atoms. The van der Waals surface area contributed by atoms with Crippen molar-refractivity contribution in [1.29, 1.82) is 0 Å². The van der Waals surface area contributed by atoms with Gasteiger partial charge in [-0.05, 0) is 20.3 Å². The van der Waals surface area contributed by atoms with Gasteiger partial charge in [0.2, 0.25) is 5.91 Å². The molecule has 0 aliphatic rings. The lowest BCUT2D eigenvalue weighted by Crippen LogP contribution is -2.39. The molecule has 0 aromatic heterocycles. The first-order valence-corrected chi connectivity index (χ1v) is 6.91. The van der Waals surface area contributed by atoms with Crippen molar-refractivity contribution in [2.24, 2.45) is 4.99 Å². The molecule has 0 radical (unpaired) electrons. The molecule has 2 N–H and O–H groups in total. The predicted octanol–water partition coefficient (Wildman–Crippen LogP) is 0.613. The van der Waals surface area contributed by atoms with E-state index in [0.29, 0.717) is 19.1 Å². The lowest BCUT2D eigenvalue weighted by Gasteiger charge is -2.13.